The lowest BCUT2D eigenvalue weighted by Gasteiger charge is -2.39. The van der Waals surface area contributed by atoms with E-state index in [1.165, 1.54) is 20.1 Å². The molecule has 0 spiro atoms. The fourth-order valence-corrected chi connectivity index (χ4v) is 4.09. The predicted molar refractivity (Wildman–Crippen MR) is 110 cm³/mol. The number of carbonyl (C=O) groups excluding carboxylic acids is 2. The highest BCUT2D eigenvalue weighted by molar-refractivity contribution is 6.31. The van der Waals surface area contributed by atoms with Crippen LogP contribution < -0.4 is 9.47 Å². The highest BCUT2D eigenvalue weighted by Crippen LogP contribution is 2.49. The van der Waals surface area contributed by atoms with Gasteiger partial charge in [0.15, 0.2) is 17.3 Å². The Hall–Kier alpha value is -3.42. The average molecular weight is 478 g/mol. The molecule has 0 bridgehead atoms. The van der Waals surface area contributed by atoms with Crippen molar-refractivity contribution in [2.45, 2.75) is 37.6 Å². The van der Waals surface area contributed by atoms with Gasteiger partial charge in [-0.25, -0.2) is 0 Å². The lowest BCUT2D eigenvalue weighted by atomic mass is 9.81. The second-order valence-corrected chi connectivity index (χ2v) is 7.94. The summed E-state index contributed by atoms with van der Waals surface area (Å²) in [4.78, 5) is 26.3. The summed E-state index contributed by atoms with van der Waals surface area (Å²) in [7, 11) is 1.29. The van der Waals surface area contributed by atoms with Crippen LogP contribution in [0.15, 0.2) is 12.1 Å². The van der Waals surface area contributed by atoms with E-state index in [2.05, 4.69) is 0 Å². The van der Waals surface area contributed by atoms with Crippen molar-refractivity contribution in [3.8, 4) is 28.7 Å². The first-order chi connectivity index (χ1) is 16.0. The zero-order chi connectivity index (χ0) is 25.1. The van der Waals surface area contributed by atoms with Gasteiger partial charge in [-0.05, 0) is 13.0 Å². The minimum absolute atomic E-state index is 0.0869. The van der Waals surface area contributed by atoms with Crippen molar-refractivity contribution in [3.63, 3.8) is 0 Å². The van der Waals surface area contributed by atoms with Gasteiger partial charge in [0.2, 0.25) is 12.1 Å². The fourth-order valence-electron chi connectivity index (χ4n) is 4.09. The predicted octanol–water partition coefficient (Wildman–Crippen LogP) is -0.925. The summed E-state index contributed by atoms with van der Waals surface area (Å²) in [5.41, 5.74) is -2.05. The minimum atomic E-state index is -1.84. The summed E-state index contributed by atoms with van der Waals surface area (Å²) in [5, 5.41) is 71.4. The van der Waals surface area contributed by atoms with Crippen LogP contribution in [-0.2, 0) is 4.74 Å². The molecule has 2 aromatic carbocycles. The maximum absolute atomic E-state index is 13.2. The molecule has 1 aliphatic heterocycles. The molecule has 34 heavy (non-hydrogen) atoms. The maximum atomic E-state index is 13.2. The van der Waals surface area contributed by atoms with E-state index in [-0.39, 0.29) is 16.9 Å². The molecule has 1 aliphatic carbocycles. The summed E-state index contributed by atoms with van der Waals surface area (Å²) in [6.45, 7) is 0.517. The van der Waals surface area contributed by atoms with Crippen molar-refractivity contribution in [2.75, 3.05) is 13.7 Å². The Kier molecular flexibility index (Phi) is 5.87. The molecule has 4 rings (SSSR count). The number of carbonyl (C=O) groups is 2. The van der Waals surface area contributed by atoms with E-state index in [0.717, 1.165) is 6.07 Å². The summed E-state index contributed by atoms with van der Waals surface area (Å²) >= 11 is 0. The number of aromatic hydroxyl groups is 3. The minimum Gasteiger partial charge on any atom is -0.507 e. The summed E-state index contributed by atoms with van der Waals surface area (Å²) < 4.78 is 15.7. The van der Waals surface area contributed by atoms with Crippen LogP contribution in [0.1, 0.15) is 37.4 Å². The van der Waals surface area contributed by atoms with E-state index in [1.54, 1.807) is 0 Å². The zero-order valence-corrected chi connectivity index (χ0v) is 17.9. The van der Waals surface area contributed by atoms with Gasteiger partial charge < -0.3 is 50.0 Å². The second-order valence-electron chi connectivity index (χ2n) is 7.94. The third kappa shape index (κ3) is 3.35. The number of rotatable bonds is 4. The molecule has 0 radical (unpaired) electrons. The van der Waals surface area contributed by atoms with E-state index in [1.807, 2.05) is 0 Å². The number of aliphatic hydroxyl groups excluding tert-OH is 4. The number of fused-ring (bicyclic) bond motifs is 2. The van der Waals surface area contributed by atoms with Gasteiger partial charge in [-0.15, -0.1) is 0 Å². The van der Waals surface area contributed by atoms with Crippen LogP contribution in [0.2, 0.25) is 0 Å². The van der Waals surface area contributed by atoms with Crippen LogP contribution in [0.4, 0.5) is 0 Å². The molecule has 7 N–H and O–H groups in total. The number of ketones is 2. The van der Waals surface area contributed by atoms with Crippen molar-refractivity contribution in [3.05, 3.63) is 39.9 Å². The standard InChI is InChI=1S/C22H22O12/c1-6-14(25)12-13(17(28)11-8(15(12)26)3-7(32-2)4-9(11)24)18(29)21(6)34-22-20(31)19(30)16(27)10(5-23)33-22/h3-4,10,16,19-20,22-25,27,29-31H,5H2,1-2H3/t10-,16-,19+,20-,22+/m1/s1. The number of benzene rings is 2. The van der Waals surface area contributed by atoms with Crippen molar-refractivity contribution >= 4 is 11.6 Å². The molecule has 2 aliphatic rings. The largest absolute Gasteiger partial charge is 0.507 e. The molecule has 182 valence electrons. The van der Waals surface area contributed by atoms with Gasteiger partial charge in [0.25, 0.3) is 0 Å². The molecule has 12 nitrogen and oxygen atoms in total. The van der Waals surface area contributed by atoms with E-state index in [0.29, 0.717) is 0 Å². The molecule has 1 fully saturated rings. The Balaban J connectivity index is 1.83. The van der Waals surface area contributed by atoms with Gasteiger partial charge in [0.1, 0.15) is 41.7 Å². The lowest BCUT2D eigenvalue weighted by molar-refractivity contribution is -0.277. The Morgan fingerprint density at radius 1 is 0.912 bits per heavy atom. The van der Waals surface area contributed by atoms with Crippen molar-refractivity contribution in [1.82, 2.24) is 0 Å². The normalized spacial score (nSPS) is 26.1. The maximum Gasteiger partial charge on any atom is 0.229 e. The van der Waals surface area contributed by atoms with Crippen LogP contribution in [0.5, 0.6) is 28.7 Å². The molecule has 0 aromatic heterocycles. The van der Waals surface area contributed by atoms with Gasteiger partial charge in [-0.2, -0.15) is 0 Å². The van der Waals surface area contributed by atoms with Gasteiger partial charge >= 0.3 is 0 Å². The smallest absolute Gasteiger partial charge is 0.229 e. The second kappa shape index (κ2) is 8.42. The van der Waals surface area contributed by atoms with Crippen LogP contribution in [0, 0.1) is 6.92 Å². The van der Waals surface area contributed by atoms with Crippen LogP contribution in [0.3, 0.4) is 0 Å². The Morgan fingerprint density at radius 3 is 2.18 bits per heavy atom. The van der Waals surface area contributed by atoms with E-state index >= 15 is 0 Å². The number of hydrogen-bond acceptors (Lipinski definition) is 12. The molecule has 0 saturated carbocycles. The van der Waals surface area contributed by atoms with Gasteiger partial charge in [-0.1, -0.05) is 0 Å². The van der Waals surface area contributed by atoms with E-state index in [4.69, 9.17) is 14.2 Å². The average Bonchev–Trinajstić information content (AvgIpc) is 2.81. The molecule has 0 unspecified atom stereocenters. The SMILES string of the molecule is COc1cc(O)c2c(c1)C(=O)c1c(O)c(C)c(O[C@@H]3O[C@H](CO)[C@@H](O)[C@H](O)[C@H]3O)c(O)c1C2=O. The Morgan fingerprint density at radius 2 is 1.56 bits per heavy atom. The topological polar surface area (TPSA) is 203 Å². The third-order valence-electron chi connectivity index (χ3n) is 5.97. The van der Waals surface area contributed by atoms with Gasteiger partial charge in [-0.3, -0.25) is 9.59 Å². The highest BCUT2D eigenvalue weighted by Gasteiger charge is 2.46. The molecule has 5 atom stereocenters. The Labute approximate surface area is 191 Å². The number of aliphatic hydroxyl groups is 4. The molecule has 0 amide bonds. The molecule has 2 aromatic rings. The van der Waals surface area contributed by atoms with Gasteiger partial charge in [0, 0.05) is 17.2 Å². The number of phenols is 3. The van der Waals surface area contributed by atoms with Crippen LogP contribution in [0.25, 0.3) is 0 Å². The summed E-state index contributed by atoms with van der Waals surface area (Å²) in [6, 6.07) is 2.31. The number of phenolic OH excluding ortho intramolecular Hbond substituents is 3. The molecule has 12 heteroatoms. The number of hydrogen-bond donors (Lipinski definition) is 7. The third-order valence-corrected chi connectivity index (χ3v) is 5.97. The monoisotopic (exact) mass is 478 g/mol. The van der Waals surface area contributed by atoms with Crippen molar-refractivity contribution in [1.29, 1.82) is 0 Å². The summed E-state index contributed by atoms with van der Waals surface area (Å²) in [6.07, 6.45) is -8.35. The van der Waals surface area contributed by atoms with Crippen molar-refractivity contribution < 1.29 is 59.5 Å². The quantitative estimate of drug-likeness (QED) is 0.227. The van der Waals surface area contributed by atoms with Crippen LogP contribution in [-0.4, -0.2) is 91.7 Å². The van der Waals surface area contributed by atoms with Gasteiger partial charge in [0.05, 0.1) is 30.4 Å². The lowest BCUT2D eigenvalue weighted by Crippen LogP contribution is -2.60. The number of methoxy groups -OCH3 is 1. The first-order valence-corrected chi connectivity index (χ1v) is 10.1. The summed E-state index contributed by atoms with van der Waals surface area (Å²) in [5.74, 6) is -4.51. The van der Waals surface area contributed by atoms with Crippen LogP contribution >= 0.6 is 0 Å². The first-order valence-electron chi connectivity index (χ1n) is 10.1. The highest BCUT2D eigenvalue weighted by atomic mass is 16.7. The fraction of sp³-hybridized carbons (Fsp3) is 0.364. The number of ether oxygens (including phenoxy) is 3. The Bertz CT molecular complexity index is 1190. The molecular weight excluding hydrogens is 456 g/mol. The molecule has 1 saturated heterocycles. The molecule has 1 heterocycles. The zero-order valence-electron chi connectivity index (χ0n) is 17.9. The first kappa shape index (κ1) is 23.7. The van der Waals surface area contributed by atoms with E-state index < -0.39 is 88.6 Å². The van der Waals surface area contributed by atoms with E-state index in [9.17, 15) is 45.3 Å². The molecular formula is C22H22O12. The van der Waals surface area contributed by atoms with Crippen molar-refractivity contribution in [2.24, 2.45) is 0 Å².